The van der Waals surface area contributed by atoms with Crippen LogP contribution in [-0.4, -0.2) is 53.1 Å². The summed E-state index contributed by atoms with van der Waals surface area (Å²) >= 11 is 0. The Morgan fingerprint density at radius 3 is 2.48 bits per heavy atom. The predicted octanol–water partition coefficient (Wildman–Crippen LogP) is 2.34. The van der Waals surface area contributed by atoms with Crippen LogP contribution in [0, 0.1) is 0 Å². The first-order valence-corrected chi connectivity index (χ1v) is 8.99. The molecule has 2 aliphatic heterocycles. The van der Waals surface area contributed by atoms with E-state index in [4.69, 9.17) is 0 Å². The summed E-state index contributed by atoms with van der Waals surface area (Å²) in [5, 5.41) is 3.69. The van der Waals surface area contributed by atoms with Gasteiger partial charge in [-0.1, -0.05) is 26.2 Å². The molecule has 2 unspecified atom stereocenters. The van der Waals surface area contributed by atoms with Crippen molar-refractivity contribution in [2.75, 3.05) is 19.6 Å². The van der Waals surface area contributed by atoms with E-state index in [0.29, 0.717) is 11.9 Å². The fraction of sp³-hybridized carbons (Fsp3) is 0.941. The van der Waals surface area contributed by atoms with Gasteiger partial charge in [-0.05, 0) is 52.1 Å². The molecule has 0 aromatic heterocycles. The summed E-state index contributed by atoms with van der Waals surface area (Å²) in [5.74, 6) is 0.386. The van der Waals surface area contributed by atoms with Crippen LogP contribution in [-0.2, 0) is 4.79 Å². The third kappa shape index (κ3) is 2.85. The third-order valence-corrected chi connectivity index (χ3v) is 5.71. The third-order valence-electron chi connectivity index (χ3n) is 5.71. The number of likely N-dealkylation sites (tertiary alicyclic amines) is 1. The topological polar surface area (TPSA) is 35.6 Å². The summed E-state index contributed by atoms with van der Waals surface area (Å²) in [7, 11) is 0. The first-order valence-electron chi connectivity index (χ1n) is 8.99. The van der Waals surface area contributed by atoms with Gasteiger partial charge in [-0.25, -0.2) is 0 Å². The Balaban J connectivity index is 1.68. The maximum atomic E-state index is 13.0. The number of nitrogens with zero attached hydrogens (tertiary/aromatic N) is 2. The largest absolute Gasteiger partial charge is 0.322 e. The Labute approximate surface area is 129 Å². The van der Waals surface area contributed by atoms with Crippen LogP contribution < -0.4 is 5.32 Å². The van der Waals surface area contributed by atoms with Crippen LogP contribution in [0.1, 0.15) is 65.2 Å². The van der Waals surface area contributed by atoms with Crippen molar-refractivity contribution < 1.29 is 4.79 Å². The molecule has 3 fully saturated rings. The van der Waals surface area contributed by atoms with Gasteiger partial charge in [0.1, 0.15) is 0 Å². The van der Waals surface area contributed by atoms with E-state index in [1.54, 1.807) is 0 Å². The average Bonchev–Trinajstić information content (AvgIpc) is 3.07. The van der Waals surface area contributed by atoms with E-state index in [1.807, 2.05) is 0 Å². The van der Waals surface area contributed by atoms with Gasteiger partial charge in [-0.3, -0.25) is 10.1 Å². The zero-order chi connectivity index (χ0) is 14.9. The average molecular weight is 293 g/mol. The first kappa shape index (κ1) is 15.3. The van der Waals surface area contributed by atoms with Crippen molar-refractivity contribution in [3.05, 3.63) is 0 Å². The number of hydrogen-bond acceptors (Lipinski definition) is 3. The minimum Gasteiger partial charge on any atom is -0.322 e. The van der Waals surface area contributed by atoms with Gasteiger partial charge in [0.05, 0.1) is 11.7 Å². The van der Waals surface area contributed by atoms with Crippen molar-refractivity contribution in [1.82, 2.24) is 15.1 Å². The van der Waals surface area contributed by atoms with Crippen molar-refractivity contribution in [3.63, 3.8) is 0 Å². The van der Waals surface area contributed by atoms with Gasteiger partial charge in [0.15, 0.2) is 0 Å². The molecular weight excluding hydrogens is 262 g/mol. The van der Waals surface area contributed by atoms with E-state index < -0.39 is 0 Å². The maximum Gasteiger partial charge on any atom is 0.244 e. The standard InChI is InChI=1S/C17H31N3O/c1-3-15-18-17(9-5-6-10-17)16(21)20(15)14(2)13-19-11-7-4-8-12-19/h14-15,18H,3-13H2,1-2H3. The molecule has 2 atom stereocenters. The number of amides is 1. The minimum absolute atomic E-state index is 0.211. The van der Waals surface area contributed by atoms with Gasteiger partial charge in [-0.15, -0.1) is 0 Å². The number of carbonyl (C=O) groups excluding carboxylic acids is 1. The van der Waals surface area contributed by atoms with Gasteiger partial charge in [-0.2, -0.15) is 0 Å². The van der Waals surface area contributed by atoms with Gasteiger partial charge in [0.25, 0.3) is 0 Å². The van der Waals surface area contributed by atoms with Gasteiger partial charge in [0, 0.05) is 12.6 Å². The molecule has 1 amide bonds. The highest BCUT2D eigenvalue weighted by Crippen LogP contribution is 2.37. The molecular formula is C17H31N3O. The molecule has 4 nitrogen and oxygen atoms in total. The van der Waals surface area contributed by atoms with Crippen molar-refractivity contribution in [2.24, 2.45) is 0 Å². The lowest BCUT2D eigenvalue weighted by atomic mass is 9.97. The van der Waals surface area contributed by atoms with Crippen LogP contribution in [0.2, 0.25) is 0 Å². The molecule has 21 heavy (non-hydrogen) atoms. The molecule has 2 saturated heterocycles. The zero-order valence-electron chi connectivity index (χ0n) is 13.7. The highest BCUT2D eigenvalue weighted by atomic mass is 16.2. The highest BCUT2D eigenvalue weighted by molar-refractivity contribution is 5.89. The molecule has 3 rings (SSSR count). The monoisotopic (exact) mass is 293 g/mol. The van der Waals surface area contributed by atoms with Crippen molar-refractivity contribution in [2.45, 2.75) is 83.0 Å². The van der Waals surface area contributed by atoms with E-state index in [-0.39, 0.29) is 11.7 Å². The van der Waals surface area contributed by atoms with Crippen molar-refractivity contribution in [3.8, 4) is 0 Å². The smallest absolute Gasteiger partial charge is 0.244 e. The van der Waals surface area contributed by atoms with Crippen LogP contribution in [0.3, 0.4) is 0 Å². The molecule has 0 aromatic carbocycles. The van der Waals surface area contributed by atoms with Gasteiger partial charge >= 0.3 is 0 Å². The summed E-state index contributed by atoms with van der Waals surface area (Å²) in [5.41, 5.74) is -0.211. The molecule has 1 spiro atoms. The summed E-state index contributed by atoms with van der Waals surface area (Å²) in [6.45, 7) is 7.90. The van der Waals surface area contributed by atoms with Crippen molar-refractivity contribution >= 4 is 5.91 Å². The summed E-state index contributed by atoms with van der Waals surface area (Å²) < 4.78 is 0. The van der Waals surface area contributed by atoms with Crippen LogP contribution in [0.5, 0.6) is 0 Å². The minimum atomic E-state index is -0.211. The predicted molar refractivity (Wildman–Crippen MR) is 85.0 cm³/mol. The number of nitrogens with one attached hydrogen (secondary N) is 1. The quantitative estimate of drug-likeness (QED) is 0.864. The maximum absolute atomic E-state index is 13.0. The number of rotatable bonds is 4. The lowest BCUT2D eigenvalue weighted by Gasteiger charge is -2.35. The first-order chi connectivity index (χ1) is 10.2. The molecule has 120 valence electrons. The van der Waals surface area contributed by atoms with Crippen LogP contribution in [0.25, 0.3) is 0 Å². The van der Waals surface area contributed by atoms with Crippen LogP contribution >= 0.6 is 0 Å². The molecule has 1 N–H and O–H groups in total. The van der Waals surface area contributed by atoms with Crippen LogP contribution in [0.15, 0.2) is 0 Å². The second-order valence-electron chi connectivity index (χ2n) is 7.28. The summed E-state index contributed by atoms with van der Waals surface area (Å²) in [6.07, 6.45) is 9.74. The number of piperidine rings is 1. The number of hydrogen-bond donors (Lipinski definition) is 1. The molecule has 1 saturated carbocycles. The molecule has 1 aliphatic carbocycles. The zero-order valence-corrected chi connectivity index (χ0v) is 13.7. The van der Waals surface area contributed by atoms with Gasteiger partial charge in [0.2, 0.25) is 5.91 Å². The summed E-state index contributed by atoms with van der Waals surface area (Å²) in [6, 6.07) is 0.327. The van der Waals surface area contributed by atoms with Gasteiger partial charge < -0.3 is 9.80 Å². The van der Waals surface area contributed by atoms with Crippen molar-refractivity contribution in [1.29, 1.82) is 0 Å². The second kappa shape index (κ2) is 6.25. The lowest BCUT2D eigenvalue weighted by Crippen LogP contribution is -2.49. The lowest BCUT2D eigenvalue weighted by molar-refractivity contribution is -0.135. The SMILES string of the molecule is CCC1NC2(CCCC2)C(=O)N1C(C)CN1CCCCC1. The number of carbonyl (C=O) groups is 1. The Morgan fingerprint density at radius 2 is 1.86 bits per heavy atom. The highest BCUT2D eigenvalue weighted by Gasteiger charge is 2.52. The van der Waals surface area contributed by atoms with E-state index in [0.717, 1.165) is 25.8 Å². The van der Waals surface area contributed by atoms with E-state index >= 15 is 0 Å². The Hall–Kier alpha value is -0.610. The Kier molecular flexibility index (Phi) is 4.55. The second-order valence-corrected chi connectivity index (χ2v) is 7.28. The summed E-state index contributed by atoms with van der Waals surface area (Å²) in [4.78, 5) is 17.8. The normalized spacial score (nSPS) is 31.2. The van der Waals surface area contributed by atoms with Crippen LogP contribution in [0.4, 0.5) is 0 Å². The molecule has 0 radical (unpaired) electrons. The fourth-order valence-corrected chi connectivity index (χ4v) is 4.59. The fourth-order valence-electron chi connectivity index (χ4n) is 4.59. The molecule has 4 heteroatoms. The van der Waals surface area contributed by atoms with E-state index in [2.05, 4.69) is 29.0 Å². The molecule has 3 aliphatic rings. The Bertz CT molecular complexity index is 372. The molecule has 0 aromatic rings. The van der Waals surface area contributed by atoms with E-state index in [9.17, 15) is 4.79 Å². The Morgan fingerprint density at radius 1 is 1.19 bits per heavy atom. The van der Waals surface area contributed by atoms with E-state index in [1.165, 1.54) is 45.2 Å². The molecule has 0 bridgehead atoms. The molecule has 2 heterocycles.